The predicted molar refractivity (Wildman–Crippen MR) is 88.1 cm³/mol. The van der Waals surface area contributed by atoms with Gasteiger partial charge in [0.25, 0.3) is 5.56 Å². The molecule has 0 aliphatic carbocycles. The van der Waals surface area contributed by atoms with Crippen molar-refractivity contribution in [3.8, 4) is 17.3 Å². The summed E-state index contributed by atoms with van der Waals surface area (Å²) in [5.74, 6) is 0. The van der Waals surface area contributed by atoms with E-state index in [0.29, 0.717) is 11.3 Å². The van der Waals surface area contributed by atoms with Crippen molar-refractivity contribution in [3.63, 3.8) is 0 Å². The number of nitriles is 1. The molecule has 0 radical (unpaired) electrons. The Morgan fingerprint density at radius 3 is 2.59 bits per heavy atom. The molecular formula is C17H13N3OS. The van der Waals surface area contributed by atoms with Crippen LogP contribution in [0.1, 0.15) is 11.1 Å². The molecule has 5 heteroatoms. The first-order valence-electron chi connectivity index (χ1n) is 6.72. The van der Waals surface area contributed by atoms with Gasteiger partial charge in [0.05, 0.1) is 5.69 Å². The molecule has 0 N–H and O–H groups in total. The van der Waals surface area contributed by atoms with Crippen molar-refractivity contribution in [3.05, 3.63) is 64.1 Å². The molecule has 0 saturated heterocycles. The van der Waals surface area contributed by atoms with Gasteiger partial charge >= 0.3 is 0 Å². The van der Waals surface area contributed by atoms with Crippen LogP contribution in [-0.4, -0.2) is 15.6 Å². The number of thioether (sulfide) groups is 1. The minimum atomic E-state index is -0.333. The normalized spacial score (nSPS) is 10.6. The molecule has 0 amide bonds. The van der Waals surface area contributed by atoms with Crippen LogP contribution in [0.15, 0.2) is 52.3 Å². The first-order valence-corrected chi connectivity index (χ1v) is 7.94. The zero-order valence-corrected chi connectivity index (χ0v) is 13.0. The van der Waals surface area contributed by atoms with Crippen LogP contribution in [0.5, 0.6) is 0 Å². The van der Waals surface area contributed by atoms with Crippen molar-refractivity contribution < 1.29 is 0 Å². The van der Waals surface area contributed by atoms with Gasteiger partial charge in [-0.2, -0.15) is 5.26 Å². The molecule has 3 rings (SSSR count). The second-order valence-electron chi connectivity index (χ2n) is 4.87. The number of aryl methyl sites for hydroxylation is 1. The quantitative estimate of drug-likeness (QED) is 0.682. The number of hydrogen-bond acceptors (Lipinski definition) is 4. The lowest BCUT2D eigenvalue weighted by Gasteiger charge is -2.09. The van der Waals surface area contributed by atoms with Gasteiger partial charge in [-0.05, 0) is 36.9 Å². The van der Waals surface area contributed by atoms with Crippen molar-refractivity contribution in [1.82, 2.24) is 9.38 Å². The van der Waals surface area contributed by atoms with Gasteiger partial charge in [0.2, 0.25) is 0 Å². The highest BCUT2D eigenvalue weighted by molar-refractivity contribution is 7.98. The molecular weight excluding hydrogens is 294 g/mol. The highest BCUT2D eigenvalue weighted by Gasteiger charge is 2.15. The van der Waals surface area contributed by atoms with Crippen LogP contribution in [0.4, 0.5) is 0 Å². The Balaban J connectivity index is 2.35. The molecule has 2 heterocycles. The molecule has 0 unspecified atom stereocenters. The smallest absolute Gasteiger partial charge is 0.267 e. The Morgan fingerprint density at radius 2 is 1.95 bits per heavy atom. The Hall–Kier alpha value is -2.58. The summed E-state index contributed by atoms with van der Waals surface area (Å²) >= 11 is 1.64. The maximum absolute atomic E-state index is 12.5. The second kappa shape index (κ2) is 5.66. The zero-order chi connectivity index (χ0) is 15.7. The number of fused-ring (bicyclic) bond motifs is 1. The van der Waals surface area contributed by atoms with Crippen LogP contribution in [0.25, 0.3) is 16.9 Å². The van der Waals surface area contributed by atoms with E-state index in [1.165, 1.54) is 4.40 Å². The Labute approximate surface area is 132 Å². The summed E-state index contributed by atoms with van der Waals surface area (Å²) in [5.41, 5.74) is 2.42. The molecule has 0 atom stereocenters. The van der Waals surface area contributed by atoms with Gasteiger partial charge in [-0.25, -0.2) is 4.98 Å². The highest BCUT2D eigenvalue weighted by Crippen LogP contribution is 2.24. The minimum absolute atomic E-state index is 0.0694. The van der Waals surface area contributed by atoms with Gasteiger partial charge in [0.15, 0.2) is 0 Å². The zero-order valence-electron chi connectivity index (χ0n) is 12.2. The highest BCUT2D eigenvalue weighted by atomic mass is 32.2. The summed E-state index contributed by atoms with van der Waals surface area (Å²) in [4.78, 5) is 18.2. The molecule has 0 spiro atoms. The van der Waals surface area contributed by atoms with E-state index in [-0.39, 0.29) is 11.1 Å². The Bertz CT molecular complexity index is 953. The first-order chi connectivity index (χ1) is 10.7. The molecule has 0 aliphatic rings. The largest absolute Gasteiger partial charge is 0.276 e. The van der Waals surface area contributed by atoms with Crippen LogP contribution in [-0.2, 0) is 0 Å². The van der Waals surface area contributed by atoms with Gasteiger partial charge in [-0.15, -0.1) is 11.8 Å². The summed E-state index contributed by atoms with van der Waals surface area (Å²) in [6.45, 7) is 1.90. The van der Waals surface area contributed by atoms with E-state index in [2.05, 4.69) is 4.98 Å². The average molecular weight is 307 g/mol. The molecule has 4 nitrogen and oxygen atoms in total. The number of aromatic nitrogens is 2. The fourth-order valence-electron chi connectivity index (χ4n) is 2.36. The molecule has 2 aromatic heterocycles. The standard InChI is InChI=1S/C17H13N3OS/c1-11-4-3-9-20-16(11)19-15(14(10-18)17(20)21)12-5-7-13(22-2)8-6-12/h3-9H,1-2H3. The number of benzene rings is 1. The third kappa shape index (κ3) is 2.28. The average Bonchev–Trinajstić information content (AvgIpc) is 2.55. The van der Waals surface area contributed by atoms with E-state index in [4.69, 9.17) is 0 Å². The fraction of sp³-hybridized carbons (Fsp3) is 0.118. The third-order valence-electron chi connectivity index (χ3n) is 3.52. The number of pyridine rings is 1. The Morgan fingerprint density at radius 1 is 1.23 bits per heavy atom. The van der Waals surface area contributed by atoms with Crippen LogP contribution < -0.4 is 5.56 Å². The summed E-state index contributed by atoms with van der Waals surface area (Å²) in [5, 5.41) is 9.38. The van der Waals surface area contributed by atoms with E-state index in [9.17, 15) is 10.1 Å². The molecule has 108 valence electrons. The summed E-state index contributed by atoms with van der Waals surface area (Å²) in [6.07, 6.45) is 3.64. The summed E-state index contributed by atoms with van der Waals surface area (Å²) in [6, 6.07) is 13.4. The second-order valence-corrected chi connectivity index (χ2v) is 5.75. The van der Waals surface area contributed by atoms with Crippen molar-refractivity contribution in [2.75, 3.05) is 6.26 Å². The number of rotatable bonds is 2. The molecule has 1 aromatic carbocycles. The SMILES string of the molecule is CSc1ccc(-c2nc3c(C)cccn3c(=O)c2C#N)cc1. The summed E-state index contributed by atoms with van der Waals surface area (Å²) in [7, 11) is 0. The van der Waals surface area contributed by atoms with Gasteiger partial charge in [-0.1, -0.05) is 18.2 Å². The monoisotopic (exact) mass is 307 g/mol. The van der Waals surface area contributed by atoms with Crippen LogP contribution in [0.2, 0.25) is 0 Å². The van der Waals surface area contributed by atoms with Crippen LogP contribution in [0, 0.1) is 18.3 Å². The number of nitrogens with zero attached hydrogens (tertiary/aromatic N) is 3. The third-order valence-corrected chi connectivity index (χ3v) is 4.27. The predicted octanol–water partition coefficient (Wildman–Crippen LogP) is 3.26. The first kappa shape index (κ1) is 14.4. The molecule has 0 aliphatic heterocycles. The van der Waals surface area contributed by atoms with Crippen molar-refractivity contribution >= 4 is 17.4 Å². The maximum Gasteiger partial charge on any atom is 0.276 e. The topological polar surface area (TPSA) is 58.2 Å². The van der Waals surface area contributed by atoms with Gasteiger partial charge in [-0.3, -0.25) is 9.20 Å². The lowest BCUT2D eigenvalue weighted by atomic mass is 10.1. The van der Waals surface area contributed by atoms with Crippen LogP contribution >= 0.6 is 11.8 Å². The van der Waals surface area contributed by atoms with E-state index in [1.807, 2.05) is 49.6 Å². The van der Waals surface area contributed by atoms with Crippen molar-refractivity contribution in [1.29, 1.82) is 5.26 Å². The van der Waals surface area contributed by atoms with E-state index in [1.54, 1.807) is 24.0 Å². The van der Waals surface area contributed by atoms with Crippen molar-refractivity contribution in [2.45, 2.75) is 11.8 Å². The number of hydrogen-bond donors (Lipinski definition) is 0. The molecule has 22 heavy (non-hydrogen) atoms. The Kier molecular flexibility index (Phi) is 3.70. The van der Waals surface area contributed by atoms with Crippen LogP contribution in [0.3, 0.4) is 0 Å². The maximum atomic E-state index is 12.5. The molecule has 0 saturated carbocycles. The van der Waals surface area contributed by atoms with Gasteiger partial charge < -0.3 is 0 Å². The minimum Gasteiger partial charge on any atom is -0.267 e. The lowest BCUT2D eigenvalue weighted by Crippen LogP contribution is -2.20. The lowest BCUT2D eigenvalue weighted by molar-refractivity contribution is 1.02. The van der Waals surface area contributed by atoms with E-state index >= 15 is 0 Å². The van der Waals surface area contributed by atoms with Gasteiger partial charge in [0, 0.05) is 16.7 Å². The fourth-order valence-corrected chi connectivity index (χ4v) is 2.76. The molecule has 0 fully saturated rings. The van der Waals surface area contributed by atoms with Crippen molar-refractivity contribution in [2.24, 2.45) is 0 Å². The van der Waals surface area contributed by atoms with E-state index < -0.39 is 0 Å². The molecule has 0 bridgehead atoms. The van der Waals surface area contributed by atoms with E-state index in [0.717, 1.165) is 16.0 Å². The summed E-state index contributed by atoms with van der Waals surface area (Å²) < 4.78 is 1.42. The molecule has 3 aromatic rings. The van der Waals surface area contributed by atoms with Gasteiger partial charge in [0.1, 0.15) is 17.3 Å².